The van der Waals surface area contributed by atoms with E-state index in [2.05, 4.69) is 17.6 Å². The van der Waals surface area contributed by atoms with Crippen molar-refractivity contribution < 1.29 is 14.4 Å². The molecule has 2 aromatic rings. The second-order valence-corrected chi connectivity index (χ2v) is 9.14. The van der Waals surface area contributed by atoms with Crippen LogP contribution in [0, 0.1) is 0 Å². The lowest BCUT2D eigenvalue weighted by Gasteiger charge is -2.27. The van der Waals surface area contributed by atoms with E-state index in [4.69, 9.17) is 23.2 Å². The molecule has 3 rings (SSSR count). The highest BCUT2D eigenvalue weighted by Crippen LogP contribution is 2.34. The molecule has 0 aliphatic carbocycles. The van der Waals surface area contributed by atoms with E-state index in [0.717, 1.165) is 23.3 Å². The maximum absolute atomic E-state index is 13.3. The van der Waals surface area contributed by atoms with E-state index >= 15 is 0 Å². The monoisotopic (exact) mass is 489 g/mol. The molecule has 2 N–H and O–H groups in total. The quantitative estimate of drug-likeness (QED) is 0.447. The molecule has 0 spiro atoms. The van der Waals surface area contributed by atoms with Crippen LogP contribution in [0.4, 0.5) is 4.79 Å². The molecule has 1 heterocycles. The maximum Gasteiger partial charge on any atom is 0.325 e. The lowest BCUT2D eigenvalue weighted by molar-refractivity contribution is -0.135. The van der Waals surface area contributed by atoms with Crippen molar-refractivity contribution in [3.05, 3.63) is 69.7 Å². The smallest absolute Gasteiger partial charge is 0.325 e. The molecule has 4 amide bonds. The number of nitrogens with zero attached hydrogens (tertiary/aromatic N) is 1. The van der Waals surface area contributed by atoms with Gasteiger partial charge in [-0.2, -0.15) is 0 Å². The predicted octanol–water partition coefficient (Wildman–Crippen LogP) is 5.24. The minimum atomic E-state index is -1.14. The fraction of sp³-hybridized carbons (Fsp3) is 0.400. The lowest BCUT2D eigenvalue weighted by Crippen LogP contribution is -2.45. The summed E-state index contributed by atoms with van der Waals surface area (Å²) in [6.45, 7) is 4.02. The highest BCUT2D eigenvalue weighted by Gasteiger charge is 2.52. The molecular weight excluding hydrogens is 461 g/mol. The fourth-order valence-corrected chi connectivity index (χ4v) is 4.92. The van der Waals surface area contributed by atoms with Crippen molar-refractivity contribution in [1.29, 1.82) is 0 Å². The summed E-state index contributed by atoms with van der Waals surface area (Å²) in [5, 5.41) is 6.82. The van der Waals surface area contributed by atoms with Crippen molar-refractivity contribution in [1.82, 2.24) is 15.5 Å². The van der Waals surface area contributed by atoms with E-state index in [1.807, 2.05) is 43.3 Å². The standard InChI is InChI=1S/C25H29Cl2N3O3/c1-3-8-17(20-12-11-19(26)14-21(20)27)15-28-22(31)16-30-23(32)25(13-4-2,29-24(30)33)18-9-6-5-7-10-18/h5-7,9-12,14,17H,3-4,8,13,15-16H2,1-2H3,(H,28,31)(H,29,33)/t17-,25-/m1/s1. The molecular formula is C25H29Cl2N3O3. The van der Waals surface area contributed by atoms with Crippen LogP contribution in [0.15, 0.2) is 48.5 Å². The Morgan fingerprint density at radius 3 is 2.45 bits per heavy atom. The number of rotatable bonds is 10. The summed E-state index contributed by atoms with van der Waals surface area (Å²) in [7, 11) is 0. The molecule has 1 fully saturated rings. The Morgan fingerprint density at radius 2 is 1.82 bits per heavy atom. The summed E-state index contributed by atoms with van der Waals surface area (Å²) in [5.41, 5.74) is 0.479. The number of benzene rings is 2. The van der Waals surface area contributed by atoms with Gasteiger partial charge >= 0.3 is 6.03 Å². The minimum absolute atomic E-state index is 0.00433. The zero-order valence-electron chi connectivity index (χ0n) is 18.9. The average molecular weight is 490 g/mol. The number of carbonyl (C=O) groups is 3. The number of nitrogens with one attached hydrogen (secondary N) is 2. The first-order chi connectivity index (χ1) is 15.8. The van der Waals surface area contributed by atoms with E-state index in [1.54, 1.807) is 12.1 Å². The topological polar surface area (TPSA) is 78.5 Å². The molecule has 2 atom stereocenters. The number of carbonyl (C=O) groups excluding carboxylic acids is 3. The molecule has 1 aliphatic rings. The van der Waals surface area contributed by atoms with Gasteiger partial charge in [0.1, 0.15) is 12.1 Å². The maximum atomic E-state index is 13.3. The van der Waals surface area contributed by atoms with E-state index in [0.29, 0.717) is 35.0 Å². The molecule has 8 heteroatoms. The Balaban J connectivity index is 1.70. The Bertz CT molecular complexity index is 1020. The van der Waals surface area contributed by atoms with Crippen LogP contribution in [0.2, 0.25) is 10.0 Å². The van der Waals surface area contributed by atoms with Gasteiger partial charge in [-0.15, -0.1) is 0 Å². The van der Waals surface area contributed by atoms with Crippen molar-refractivity contribution >= 4 is 41.0 Å². The van der Waals surface area contributed by atoms with E-state index in [-0.39, 0.29) is 12.5 Å². The second-order valence-electron chi connectivity index (χ2n) is 8.30. The van der Waals surface area contributed by atoms with Crippen LogP contribution in [0.1, 0.15) is 56.6 Å². The lowest BCUT2D eigenvalue weighted by atomic mass is 9.85. The zero-order chi connectivity index (χ0) is 24.0. The summed E-state index contributed by atoms with van der Waals surface area (Å²) in [4.78, 5) is 39.8. The van der Waals surface area contributed by atoms with Gasteiger partial charge in [-0.25, -0.2) is 4.79 Å². The molecule has 0 bridgehead atoms. The van der Waals surface area contributed by atoms with Gasteiger partial charge in [-0.3, -0.25) is 14.5 Å². The van der Waals surface area contributed by atoms with Gasteiger partial charge in [0.15, 0.2) is 0 Å². The van der Waals surface area contributed by atoms with Crippen molar-refractivity contribution in [2.45, 2.75) is 51.0 Å². The molecule has 0 saturated carbocycles. The number of hydrogen-bond acceptors (Lipinski definition) is 3. The summed E-state index contributed by atoms with van der Waals surface area (Å²) < 4.78 is 0. The van der Waals surface area contributed by atoms with Gasteiger partial charge in [0, 0.05) is 22.5 Å². The van der Waals surface area contributed by atoms with Crippen LogP contribution in [0.5, 0.6) is 0 Å². The Kier molecular flexibility index (Phi) is 8.38. The predicted molar refractivity (Wildman–Crippen MR) is 130 cm³/mol. The third kappa shape index (κ3) is 5.50. The Hall–Kier alpha value is -2.57. The highest BCUT2D eigenvalue weighted by molar-refractivity contribution is 6.35. The average Bonchev–Trinajstić information content (AvgIpc) is 3.03. The molecule has 0 aromatic heterocycles. The minimum Gasteiger partial charge on any atom is -0.354 e. The van der Waals surface area contributed by atoms with Crippen molar-refractivity contribution in [3.8, 4) is 0 Å². The first-order valence-corrected chi connectivity index (χ1v) is 12.0. The van der Waals surface area contributed by atoms with Crippen molar-refractivity contribution in [2.24, 2.45) is 0 Å². The highest BCUT2D eigenvalue weighted by atomic mass is 35.5. The van der Waals surface area contributed by atoms with Gasteiger partial charge in [0.25, 0.3) is 5.91 Å². The molecule has 0 unspecified atom stereocenters. The van der Waals surface area contributed by atoms with Crippen LogP contribution in [0.25, 0.3) is 0 Å². The summed E-state index contributed by atoms with van der Waals surface area (Å²) in [6.07, 6.45) is 2.87. The molecule has 176 valence electrons. The first kappa shape index (κ1) is 25.1. The van der Waals surface area contributed by atoms with Crippen LogP contribution in [-0.4, -0.2) is 35.8 Å². The molecule has 33 heavy (non-hydrogen) atoms. The molecule has 1 aliphatic heterocycles. The van der Waals surface area contributed by atoms with E-state index in [9.17, 15) is 14.4 Å². The molecule has 2 aromatic carbocycles. The summed E-state index contributed by atoms with van der Waals surface area (Å²) >= 11 is 12.4. The number of halogens is 2. The van der Waals surface area contributed by atoms with E-state index in [1.165, 1.54) is 0 Å². The van der Waals surface area contributed by atoms with Crippen LogP contribution in [0.3, 0.4) is 0 Å². The van der Waals surface area contributed by atoms with Gasteiger partial charge in [0.2, 0.25) is 5.91 Å². The van der Waals surface area contributed by atoms with Gasteiger partial charge in [0.05, 0.1) is 0 Å². The van der Waals surface area contributed by atoms with Crippen LogP contribution in [-0.2, 0) is 15.1 Å². The Morgan fingerprint density at radius 1 is 1.09 bits per heavy atom. The third-order valence-corrected chi connectivity index (χ3v) is 6.52. The SMILES string of the molecule is CCC[C@H](CNC(=O)CN1C(=O)N[C@](CCC)(c2ccccc2)C1=O)c1ccc(Cl)cc1Cl. The van der Waals surface area contributed by atoms with Gasteiger partial charge in [-0.1, -0.05) is 86.3 Å². The van der Waals surface area contributed by atoms with Crippen molar-refractivity contribution in [3.63, 3.8) is 0 Å². The first-order valence-electron chi connectivity index (χ1n) is 11.2. The molecule has 0 radical (unpaired) electrons. The normalized spacial score (nSPS) is 18.8. The number of imide groups is 1. The second kappa shape index (κ2) is 11.0. The number of hydrogen-bond donors (Lipinski definition) is 2. The van der Waals surface area contributed by atoms with Gasteiger partial charge in [-0.05, 0) is 36.1 Å². The molecule has 6 nitrogen and oxygen atoms in total. The van der Waals surface area contributed by atoms with Crippen LogP contribution < -0.4 is 10.6 Å². The molecule has 1 saturated heterocycles. The number of urea groups is 1. The fourth-order valence-electron chi connectivity index (χ4n) is 4.36. The van der Waals surface area contributed by atoms with Crippen LogP contribution >= 0.6 is 23.2 Å². The largest absolute Gasteiger partial charge is 0.354 e. The summed E-state index contributed by atoms with van der Waals surface area (Å²) in [6, 6.07) is 13.9. The Labute approximate surface area is 204 Å². The van der Waals surface area contributed by atoms with E-state index < -0.39 is 23.4 Å². The van der Waals surface area contributed by atoms with Gasteiger partial charge < -0.3 is 10.6 Å². The third-order valence-electron chi connectivity index (χ3n) is 5.95. The number of amides is 4. The summed E-state index contributed by atoms with van der Waals surface area (Å²) in [5.74, 6) is -0.804. The zero-order valence-corrected chi connectivity index (χ0v) is 20.4. The van der Waals surface area contributed by atoms with Crippen molar-refractivity contribution in [2.75, 3.05) is 13.1 Å².